The maximum absolute atomic E-state index is 2.46. The molecule has 0 spiro atoms. The number of rotatable bonds is 5. The highest BCUT2D eigenvalue weighted by molar-refractivity contribution is 8.01. The standard InChI is InChI=1S/C15H30S/c1-9-15(8)10-12(15)14(6,7)16-13(4,5)11(2)3/h11-12H,9-10H2,1-8H3. The number of thioether (sulfide) groups is 1. The van der Waals surface area contributed by atoms with Gasteiger partial charge in [0, 0.05) is 9.49 Å². The van der Waals surface area contributed by atoms with Crippen LogP contribution in [0, 0.1) is 17.3 Å². The smallest absolute Gasteiger partial charge is 0.0142 e. The molecule has 0 aromatic heterocycles. The minimum atomic E-state index is 0.390. The van der Waals surface area contributed by atoms with Gasteiger partial charge in [0.15, 0.2) is 0 Å². The molecule has 0 radical (unpaired) electrons. The van der Waals surface area contributed by atoms with Crippen molar-refractivity contribution in [1.82, 2.24) is 0 Å². The van der Waals surface area contributed by atoms with Crippen LogP contribution in [0.1, 0.15) is 68.2 Å². The van der Waals surface area contributed by atoms with Gasteiger partial charge in [0.1, 0.15) is 0 Å². The Bertz CT molecular complexity index is 252. The summed E-state index contributed by atoms with van der Waals surface area (Å²) in [5.41, 5.74) is 0.629. The largest absolute Gasteiger partial charge is 0.149 e. The highest BCUT2D eigenvalue weighted by atomic mass is 32.2. The molecule has 1 aliphatic carbocycles. The molecule has 1 aliphatic rings. The lowest BCUT2D eigenvalue weighted by Crippen LogP contribution is -2.33. The van der Waals surface area contributed by atoms with Crippen LogP contribution in [-0.2, 0) is 0 Å². The molecule has 96 valence electrons. The third kappa shape index (κ3) is 2.78. The molecular formula is C15H30S. The summed E-state index contributed by atoms with van der Waals surface area (Å²) in [5.74, 6) is 1.65. The Morgan fingerprint density at radius 3 is 2.06 bits per heavy atom. The van der Waals surface area contributed by atoms with Gasteiger partial charge in [-0.05, 0) is 23.7 Å². The van der Waals surface area contributed by atoms with Crippen LogP contribution in [0.3, 0.4) is 0 Å². The molecule has 0 amide bonds. The lowest BCUT2D eigenvalue weighted by atomic mass is 9.96. The molecule has 0 bridgehead atoms. The molecule has 1 fully saturated rings. The summed E-state index contributed by atoms with van der Waals surface area (Å²) in [6.07, 6.45) is 2.77. The molecule has 1 rings (SSSR count). The summed E-state index contributed by atoms with van der Waals surface area (Å²) < 4.78 is 0.819. The Kier molecular flexibility index (Phi) is 3.81. The van der Waals surface area contributed by atoms with Crippen LogP contribution in [0.15, 0.2) is 0 Å². The van der Waals surface area contributed by atoms with E-state index in [1.54, 1.807) is 0 Å². The van der Waals surface area contributed by atoms with Gasteiger partial charge < -0.3 is 0 Å². The Hall–Kier alpha value is 0.350. The summed E-state index contributed by atoms with van der Waals surface area (Å²) in [4.78, 5) is 0. The zero-order valence-electron chi connectivity index (χ0n) is 12.5. The van der Waals surface area contributed by atoms with E-state index in [0.29, 0.717) is 14.9 Å². The SMILES string of the molecule is CCC1(C)CC1C(C)(C)SC(C)(C)C(C)C. The maximum atomic E-state index is 2.46. The molecule has 0 N–H and O–H groups in total. The zero-order valence-corrected chi connectivity index (χ0v) is 13.3. The van der Waals surface area contributed by atoms with Crippen LogP contribution < -0.4 is 0 Å². The van der Waals surface area contributed by atoms with Crippen molar-refractivity contribution in [3.05, 3.63) is 0 Å². The van der Waals surface area contributed by atoms with E-state index < -0.39 is 0 Å². The molecule has 0 heterocycles. The molecule has 16 heavy (non-hydrogen) atoms. The van der Waals surface area contributed by atoms with Crippen molar-refractivity contribution >= 4 is 11.8 Å². The number of hydrogen-bond acceptors (Lipinski definition) is 1. The molecular weight excluding hydrogens is 212 g/mol. The summed E-state index contributed by atoms with van der Waals surface area (Å²) in [6, 6.07) is 0. The summed E-state index contributed by atoms with van der Waals surface area (Å²) in [6.45, 7) is 19.2. The molecule has 0 aliphatic heterocycles. The monoisotopic (exact) mass is 242 g/mol. The maximum Gasteiger partial charge on any atom is 0.0142 e. The van der Waals surface area contributed by atoms with E-state index in [2.05, 4.69) is 67.2 Å². The summed E-state index contributed by atoms with van der Waals surface area (Å²) >= 11 is 2.20. The van der Waals surface area contributed by atoms with Crippen LogP contribution in [0.5, 0.6) is 0 Å². The van der Waals surface area contributed by atoms with Crippen LogP contribution in [0.4, 0.5) is 0 Å². The van der Waals surface area contributed by atoms with Crippen molar-refractivity contribution < 1.29 is 0 Å². The van der Waals surface area contributed by atoms with Gasteiger partial charge in [-0.2, -0.15) is 0 Å². The molecule has 0 aromatic carbocycles. The summed E-state index contributed by atoms with van der Waals surface area (Å²) in [7, 11) is 0. The van der Waals surface area contributed by atoms with Crippen molar-refractivity contribution in [1.29, 1.82) is 0 Å². The quantitative estimate of drug-likeness (QED) is 0.624. The van der Waals surface area contributed by atoms with Crippen molar-refractivity contribution in [3.63, 3.8) is 0 Å². The third-order valence-corrected chi connectivity index (χ3v) is 6.72. The highest BCUT2D eigenvalue weighted by Gasteiger charge is 2.57. The van der Waals surface area contributed by atoms with E-state index in [1.807, 2.05) is 0 Å². The highest BCUT2D eigenvalue weighted by Crippen LogP contribution is 2.64. The predicted molar refractivity (Wildman–Crippen MR) is 77.1 cm³/mol. The van der Waals surface area contributed by atoms with Gasteiger partial charge in [0.25, 0.3) is 0 Å². The fraction of sp³-hybridized carbons (Fsp3) is 1.00. The molecule has 2 unspecified atom stereocenters. The molecule has 2 atom stereocenters. The average Bonchev–Trinajstić information content (AvgIpc) is 2.78. The van der Waals surface area contributed by atoms with Gasteiger partial charge >= 0.3 is 0 Å². The predicted octanol–water partition coefficient (Wildman–Crippen LogP) is 5.37. The lowest BCUT2D eigenvalue weighted by Gasteiger charge is -2.38. The molecule has 1 heteroatoms. The van der Waals surface area contributed by atoms with Gasteiger partial charge in [-0.1, -0.05) is 61.8 Å². The fourth-order valence-corrected chi connectivity index (χ4v) is 4.85. The second-order valence-electron chi connectivity index (χ2n) is 7.23. The molecule has 0 aromatic rings. The van der Waals surface area contributed by atoms with E-state index in [-0.39, 0.29) is 0 Å². The van der Waals surface area contributed by atoms with Crippen LogP contribution in [-0.4, -0.2) is 9.49 Å². The average molecular weight is 242 g/mol. The van der Waals surface area contributed by atoms with Gasteiger partial charge in [0.05, 0.1) is 0 Å². The van der Waals surface area contributed by atoms with E-state index in [1.165, 1.54) is 12.8 Å². The van der Waals surface area contributed by atoms with Crippen molar-refractivity contribution in [3.8, 4) is 0 Å². The summed E-state index contributed by atoms with van der Waals surface area (Å²) in [5, 5.41) is 0. The van der Waals surface area contributed by atoms with Gasteiger partial charge in [-0.15, -0.1) is 11.8 Å². The van der Waals surface area contributed by atoms with Gasteiger partial charge in [-0.3, -0.25) is 0 Å². The lowest BCUT2D eigenvalue weighted by molar-refractivity contribution is 0.426. The zero-order chi connectivity index (χ0) is 12.8. The minimum Gasteiger partial charge on any atom is -0.149 e. The van der Waals surface area contributed by atoms with E-state index >= 15 is 0 Å². The second-order valence-corrected chi connectivity index (χ2v) is 9.54. The molecule has 1 saturated carbocycles. The first kappa shape index (κ1) is 14.4. The Morgan fingerprint density at radius 1 is 1.25 bits per heavy atom. The van der Waals surface area contributed by atoms with Crippen molar-refractivity contribution in [2.24, 2.45) is 17.3 Å². The van der Waals surface area contributed by atoms with Crippen molar-refractivity contribution in [2.75, 3.05) is 0 Å². The van der Waals surface area contributed by atoms with Crippen LogP contribution >= 0.6 is 11.8 Å². The van der Waals surface area contributed by atoms with E-state index in [0.717, 1.165) is 11.8 Å². The molecule has 0 saturated heterocycles. The van der Waals surface area contributed by atoms with Crippen molar-refractivity contribution in [2.45, 2.75) is 77.7 Å². The number of hydrogen-bond donors (Lipinski definition) is 0. The second kappa shape index (κ2) is 4.23. The van der Waals surface area contributed by atoms with Gasteiger partial charge in [-0.25, -0.2) is 0 Å². The third-order valence-electron chi connectivity index (χ3n) is 4.91. The first-order valence-corrected chi connectivity index (χ1v) is 7.57. The Morgan fingerprint density at radius 2 is 1.75 bits per heavy atom. The minimum absolute atomic E-state index is 0.390. The Labute approximate surface area is 107 Å². The van der Waals surface area contributed by atoms with Crippen LogP contribution in [0.25, 0.3) is 0 Å². The van der Waals surface area contributed by atoms with E-state index in [4.69, 9.17) is 0 Å². The molecule has 0 nitrogen and oxygen atoms in total. The normalized spacial score (nSPS) is 30.9. The topological polar surface area (TPSA) is 0 Å². The van der Waals surface area contributed by atoms with E-state index in [9.17, 15) is 0 Å². The first-order valence-electron chi connectivity index (χ1n) is 6.75. The Balaban J connectivity index is 2.67. The fourth-order valence-electron chi connectivity index (χ4n) is 2.75. The first-order chi connectivity index (χ1) is 7.05. The van der Waals surface area contributed by atoms with Gasteiger partial charge in [0.2, 0.25) is 0 Å². The van der Waals surface area contributed by atoms with Crippen LogP contribution in [0.2, 0.25) is 0 Å².